The minimum atomic E-state index is 0.287. The van der Waals surface area contributed by atoms with Crippen molar-refractivity contribution < 1.29 is 4.79 Å². The maximum Gasteiger partial charge on any atom is 0.156 e. The molecule has 8 heavy (non-hydrogen) atoms. The molecule has 0 unspecified atom stereocenters. The molecule has 0 saturated carbocycles. The highest BCUT2D eigenvalue weighted by Crippen LogP contribution is 2.20. The molecule has 0 fully saturated rings. The highest BCUT2D eigenvalue weighted by Gasteiger charge is 2.15. The average molecular weight is 110 g/mol. The van der Waals surface area contributed by atoms with E-state index in [2.05, 4.69) is 6.92 Å². The van der Waals surface area contributed by atoms with Crippen LogP contribution >= 0.6 is 0 Å². The van der Waals surface area contributed by atoms with Crippen LogP contribution < -0.4 is 0 Å². The first-order chi connectivity index (χ1) is 3.70. The highest BCUT2D eigenvalue weighted by molar-refractivity contribution is 5.93. The Hall–Kier alpha value is -0.590. The molecular weight excluding hydrogens is 100 g/mol. The van der Waals surface area contributed by atoms with Crippen LogP contribution in [0.25, 0.3) is 0 Å². The van der Waals surface area contributed by atoms with Crippen molar-refractivity contribution in [3.8, 4) is 0 Å². The van der Waals surface area contributed by atoms with Crippen molar-refractivity contribution in [1.29, 1.82) is 0 Å². The largest absolute Gasteiger partial charge is 0.295 e. The van der Waals surface area contributed by atoms with Crippen LogP contribution in [0.15, 0.2) is 11.6 Å². The maximum absolute atomic E-state index is 10.6. The molecular formula is C7H10O. The monoisotopic (exact) mass is 110 g/mol. The van der Waals surface area contributed by atoms with Crippen molar-refractivity contribution in [3.63, 3.8) is 0 Å². The third-order valence-corrected chi connectivity index (χ3v) is 1.67. The first kappa shape index (κ1) is 5.54. The summed E-state index contributed by atoms with van der Waals surface area (Å²) in [6, 6.07) is 0. The summed E-state index contributed by atoms with van der Waals surface area (Å²) in [7, 11) is 0. The van der Waals surface area contributed by atoms with Crippen LogP contribution in [-0.2, 0) is 4.79 Å². The van der Waals surface area contributed by atoms with E-state index in [1.807, 2.05) is 6.92 Å². The van der Waals surface area contributed by atoms with Gasteiger partial charge in [0.1, 0.15) is 0 Å². The Labute approximate surface area is 49.4 Å². The molecule has 0 aromatic carbocycles. The van der Waals surface area contributed by atoms with Gasteiger partial charge in [-0.3, -0.25) is 4.79 Å². The van der Waals surface area contributed by atoms with Gasteiger partial charge in [-0.2, -0.15) is 0 Å². The van der Waals surface area contributed by atoms with Gasteiger partial charge in [-0.1, -0.05) is 12.5 Å². The Morgan fingerprint density at radius 2 is 2.38 bits per heavy atom. The van der Waals surface area contributed by atoms with E-state index < -0.39 is 0 Å². The zero-order valence-electron chi connectivity index (χ0n) is 5.27. The van der Waals surface area contributed by atoms with Gasteiger partial charge in [-0.25, -0.2) is 0 Å². The molecule has 0 N–H and O–H groups in total. The molecule has 0 aromatic rings. The second kappa shape index (κ2) is 1.73. The summed E-state index contributed by atoms with van der Waals surface area (Å²) in [5, 5.41) is 0. The number of hydrogen-bond donors (Lipinski definition) is 0. The summed E-state index contributed by atoms with van der Waals surface area (Å²) in [4.78, 5) is 10.6. The fourth-order valence-electron chi connectivity index (χ4n) is 0.918. The Balaban J connectivity index is 2.73. The van der Waals surface area contributed by atoms with Crippen molar-refractivity contribution in [2.45, 2.75) is 20.3 Å². The zero-order valence-corrected chi connectivity index (χ0v) is 5.27. The second-order valence-electron chi connectivity index (χ2n) is 2.46. The lowest BCUT2D eigenvalue weighted by Gasteiger charge is -1.97. The molecule has 0 aliphatic heterocycles. The van der Waals surface area contributed by atoms with Crippen LogP contribution in [-0.4, -0.2) is 5.78 Å². The van der Waals surface area contributed by atoms with Crippen LogP contribution in [0.3, 0.4) is 0 Å². The van der Waals surface area contributed by atoms with Gasteiger partial charge in [0.15, 0.2) is 5.78 Å². The van der Waals surface area contributed by atoms with Gasteiger partial charge in [-0.15, -0.1) is 0 Å². The molecule has 0 heterocycles. The van der Waals surface area contributed by atoms with Crippen molar-refractivity contribution in [2.75, 3.05) is 0 Å². The predicted octanol–water partition coefficient (Wildman–Crippen LogP) is 1.54. The van der Waals surface area contributed by atoms with E-state index in [1.54, 1.807) is 6.08 Å². The van der Waals surface area contributed by atoms with E-state index in [-0.39, 0.29) is 5.78 Å². The number of carbonyl (C=O) groups is 1. The average Bonchev–Trinajstić information content (AvgIpc) is 1.85. The van der Waals surface area contributed by atoms with E-state index in [1.165, 1.54) is 5.57 Å². The van der Waals surface area contributed by atoms with Gasteiger partial charge in [0.2, 0.25) is 0 Å². The molecule has 1 nitrogen and oxygen atoms in total. The molecule has 44 valence electrons. The smallest absolute Gasteiger partial charge is 0.156 e. The first-order valence-corrected chi connectivity index (χ1v) is 2.91. The molecule has 0 saturated heterocycles. The third-order valence-electron chi connectivity index (χ3n) is 1.67. The van der Waals surface area contributed by atoms with Gasteiger partial charge in [0.25, 0.3) is 0 Å². The van der Waals surface area contributed by atoms with Gasteiger partial charge >= 0.3 is 0 Å². The Morgan fingerprint density at radius 1 is 1.75 bits per heavy atom. The molecule has 1 aliphatic rings. The molecule has 1 aliphatic carbocycles. The van der Waals surface area contributed by atoms with Crippen LogP contribution in [0.2, 0.25) is 0 Å². The quantitative estimate of drug-likeness (QED) is 0.462. The van der Waals surface area contributed by atoms with Crippen molar-refractivity contribution in [1.82, 2.24) is 0 Å². The summed E-state index contributed by atoms with van der Waals surface area (Å²) >= 11 is 0. The summed E-state index contributed by atoms with van der Waals surface area (Å²) in [5.41, 5.74) is 1.23. The van der Waals surface area contributed by atoms with E-state index >= 15 is 0 Å². The van der Waals surface area contributed by atoms with Gasteiger partial charge in [-0.05, 0) is 18.9 Å². The molecule has 0 amide bonds. The molecule has 1 heteroatoms. The number of allylic oxidation sites excluding steroid dienone is 2. The van der Waals surface area contributed by atoms with Gasteiger partial charge < -0.3 is 0 Å². The van der Waals surface area contributed by atoms with E-state index in [0.29, 0.717) is 5.92 Å². The van der Waals surface area contributed by atoms with Crippen molar-refractivity contribution >= 4 is 5.78 Å². The standard InChI is InChI=1S/C7H10O/c1-5-3-7(8)4-6(5)2/h3,6H,4H2,1-2H3/t6-/m0/s1. The lowest BCUT2D eigenvalue weighted by Crippen LogP contribution is -1.91. The summed E-state index contributed by atoms with van der Waals surface area (Å²) in [5.74, 6) is 0.789. The Morgan fingerprint density at radius 3 is 2.50 bits per heavy atom. The highest BCUT2D eigenvalue weighted by atomic mass is 16.1. The van der Waals surface area contributed by atoms with E-state index in [9.17, 15) is 4.79 Å². The number of rotatable bonds is 0. The normalized spacial score (nSPS) is 28.5. The summed E-state index contributed by atoms with van der Waals surface area (Å²) in [6.45, 7) is 4.09. The minimum absolute atomic E-state index is 0.287. The number of ketones is 1. The predicted molar refractivity (Wildman–Crippen MR) is 32.5 cm³/mol. The van der Waals surface area contributed by atoms with Crippen LogP contribution in [0.1, 0.15) is 20.3 Å². The zero-order chi connectivity index (χ0) is 6.15. The van der Waals surface area contributed by atoms with Crippen LogP contribution in [0.4, 0.5) is 0 Å². The summed E-state index contributed by atoms with van der Waals surface area (Å²) < 4.78 is 0. The molecule has 1 atom stereocenters. The lowest BCUT2D eigenvalue weighted by molar-refractivity contribution is -0.114. The maximum atomic E-state index is 10.6. The van der Waals surface area contributed by atoms with E-state index in [0.717, 1.165) is 6.42 Å². The second-order valence-corrected chi connectivity index (χ2v) is 2.46. The van der Waals surface area contributed by atoms with E-state index in [4.69, 9.17) is 0 Å². The lowest BCUT2D eigenvalue weighted by atomic mass is 10.1. The fraction of sp³-hybridized carbons (Fsp3) is 0.571. The van der Waals surface area contributed by atoms with Crippen LogP contribution in [0, 0.1) is 5.92 Å². The molecule has 0 aromatic heterocycles. The van der Waals surface area contributed by atoms with Gasteiger partial charge in [0.05, 0.1) is 0 Å². The number of carbonyl (C=O) groups excluding carboxylic acids is 1. The number of hydrogen-bond acceptors (Lipinski definition) is 1. The van der Waals surface area contributed by atoms with Crippen LogP contribution in [0.5, 0.6) is 0 Å². The Kier molecular flexibility index (Phi) is 1.20. The molecule has 1 rings (SSSR count). The minimum Gasteiger partial charge on any atom is -0.295 e. The molecule has 0 spiro atoms. The summed E-state index contributed by atoms with van der Waals surface area (Å²) in [6.07, 6.45) is 2.47. The van der Waals surface area contributed by atoms with Crippen molar-refractivity contribution in [3.05, 3.63) is 11.6 Å². The molecule has 0 bridgehead atoms. The first-order valence-electron chi connectivity index (χ1n) is 2.91. The Bertz CT molecular complexity index is 144. The SMILES string of the molecule is CC1=CC(=O)C[C@@H]1C. The topological polar surface area (TPSA) is 17.1 Å². The molecule has 0 radical (unpaired) electrons. The fourth-order valence-corrected chi connectivity index (χ4v) is 0.918. The van der Waals surface area contributed by atoms with Gasteiger partial charge in [0, 0.05) is 6.42 Å². The van der Waals surface area contributed by atoms with Crippen molar-refractivity contribution in [2.24, 2.45) is 5.92 Å². The third kappa shape index (κ3) is 0.808.